The highest BCUT2D eigenvalue weighted by molar-refractivity contribution is 7.09. The van der Waals surface area contributed by atoms with Crippen LogP contribution in [0.3, 0.4) is 0 Å². The van der Waals surface area contributed by atoms with Crippen LogP contribution in [0.2, 0.25) is 0 Å². The van der Waals surface area contributed by atoms with Gasteiger partial charge >= 0.3 is 0 Å². The van der Waals surface area contributed by atoms with E-state index in [9.17, 15) is 4.79 Å². The van der Waals surface area contributed by atoms with Crippen LogP contribution < -0.4 is 5.32 Å². The van der Waals surface area contributed by atoms with Crippen LogP contribution in [0.15, 0.2) is 17.0 Å². The van der Waals surface area contributed by atoms with Crippen molar-refractivity contribution in [3.8, 4) is 0 Å². The average Bonchev–Trinajstić information content (AvgIpc) is 2.61. The molecule has 0 aliphatic carbocycles. The summed E-state index contributed by atoms with van der Waals surface area (Å²) in [5.74, 6) is -0.00953. The minimum Gasteiger partial charge on any atom is -0.346 e. The summed E-state index contributed by atoms with van der Waals surface area (Å²) in [5, 5.41) is 5.77. The zero-order valence-corrected chi connectivity index (χ0v) is 10.1. The van der Waals surface area contributed by atoms with E-state index in [-0.39, 0.29) is 5.91 Å². The van der Waals surface area contributed by atoms with Gasteiger partial charge in [-0.15, -0.1) is 11.3 Å². The van der Waals surface area contributed by atoms with Crippen molar-refractivity contribution in [1.29, 1.82) is 0 Å². The Labute approximate surface area is 94.2 Å². The zero-order valence-electron chi connectivity index (χ0n) is 9.33. The van der Waals surface area contributed by atoms with Gasteiger partial charge in [-0.1, -0.05) is 13.0 Å². The molecule has 3 nitrogen and oxygen atoms in total. The molecule has 0 aromatic carbocycles. The Balaban J connectivity index is 2.44. The number of allylic oxidation sites excluding steroid dienone is 1. The van der Waals surface area contributed by atoms with Crippen molar-refractivity contribution in [3.63, 3.8) is 0 Å². The summed E-state index contributed by atoms with van der Waals surface area (Å²) in [6, 6.07) is 0. The third kappa shape index (κ3) is 3.83. The van der Waals surface area contributed by atoms with E-state index in [1.165, 1.54) is 0 Å². The summed E-state index contributed by atoms with van der Waals surface area (Å²) < 4.78 is 0. The summed E-state index contributed by atoms with van der Waals surface area (Å²) in [6.07, 6.45) is 2.80. The molecular weight excluding hydrogens is 208 g/mol. The summed E-state index contributed by atoms with van der Waals surface area (Å²) in [4.78, 5) is 15.8. The fourth-order valence-corrected chi connectivity index (χ4v) is 1.89. The van der Waals surface area contributed by atoms with E-state index >= 15 is 0 Å². The SMILES string of the molecule is CC/C=C(\C)C(=O)NCc1nc(C)cs1. The standard InChI is InChI=1S/C11H16N2OS/c1-4-5-8(2)11(14)12-6-10-13-9(3)7-15-10/h5,7H,4,6H2,1-3H3,(H,12,14)/b8-5+. The molecule has 0 radical (unpaired) electrons. The molecule has 15 heavy (non-hydrogen) atoms. The molecule has 1 rings (SSSR count). The highest BCUT2D eigenvalue weighted by Gasteiger charge is 2.04. The lowest BCUT2D eigenvalue weighted by Gasteiger charge is -2.02. The van der Waals surface area contributed by atoms with Crippen LogP contribution in [-0.2, 0) is 11.3 Å². The number of aryl methyl sites for hydroxylation is 1. The van der Waals surface area contributed by atoms with Crippen molar-refractivity contribution in [3.05, 3.63) is 27.7 Å². The quantitative estimate of drug-likeness (QED) is 0.798. The largest absolute Gasteiger partial charge is 0.346 e. The van der Waals surface area contributed by atoms with E-state index < -0.39 is 0 Å². The predicted octanol–water partition coefficient (Wildman–Crippen LogP) is 2.42. The second kappa shape index (κ2) is 5.66. The fourth-order valence-electron chi connectivity index (χ4n) is 1.18. The molecular formula is C11H16N2OS. The maximum Gasteiger partial charge on any atom is 0.246 e. The Bertz CT molecular complexity index is 368. The molecule has 1 amide bonds. The molecule has 1 N–H and O–H groups in total. The molecule has 0 aliphatic rings. The molecule has 1 aromatic rings. The normalized spacial score (nSPS) is 11.5. The average molecular weight is 224 g/mol. The third-order valence-corrected chi connectivity index (χ3v) is 2.90. The van der Waals surface area contributed by atoms with Crippen LogP contribution in [0.5, 0.6) is 0 Å². The van der Waals surface area contributed by atoms with Gasteiger partial charge in [0.1, 0.15) is 5.01 Å². The van der Waals surface area contributed by atoms with Crippen molar-refractivity contribution in [2.45, 2.75) is 33.7 Å². The monoisotopic (exact) mass is 224 g/mol. The first-order valence-electron chi connectivity index (χ1n) is 4.99. The van der Waals surface area contributed by atoms with E-state index in [0.717, 1.165) is 22.7 Å². The number of hydrogen-bond donors (Lipinski definition) is 1. The van der Waals surface area contributed by atoms with Gasteiger partial charge in [0, 0.05) is 16.6 Å². The minimum atomic E-state index is -0.00953. The van der Waals surface area contributed by atoms with Crippen LogP contribution in [0, 0.1) is 6.92 Å². The summed E-state index contributed by atoms with van der Waals surface area (Å²) in [5.41, 5.74) is 1.77. The first-order valence-corrected chi connectivity index (χ1v) is 5.87. The first kappa shape index (κ1) is 11.9. The highest BCUT2D eigenvalue weighted by Crippen LogP contribution is 2.08. The summed E-state index contributed by atoms with van der Waals surface area (Å²) in [7, 11) is 0. The van der Waals surface area contributed by atoms with Gasteiger partial charge in [0.2, 0.25) is 5.91 Å². The van der Waals surface area contributed by atoms with Crippen molar-refractivity contribution in [2.24, 2.45) is 0 Å². The summed E-state index contributed by atoms with van der Waals surface area (Å²) >= 11 is 1.57. The number of thiazole rings is 1. The zero-order chi connectivity index (χ0) is 11.3. The van der Waals surface area contributed by atoms with Gasteiger partial charge in [-0.25, -0.2) is 4.98 Å². The molecule has 0 bridgehead atoms. The second-order valence-electron chi connectivity index (χ2n) is 3.36. The number of nitrogens with zero attached hydrogens (tertiary/aromatic N) is 1. The third-order valence-electron chi connectivity index (χ3n) is 1.94. The Morgan fingerprint density at radius 1 is 1.67 bits per heavy atom. The highest BCUT2D eigenvalue weighted by atomic mass is 32.1. The van der Waals surface area contributed by atoms with E-state index in [2.05, 4.69) is 10.3 Å². The van der Waals surface area contributed by atoms with E-state index in [1.54, 1.807) is 11.3 Å². The van der Waals surface area contributed by atoms with Crippen LogP contribution in [-0.4, -0.2) is 10.9 Å². The van der Waals surface area contributed by atoms with Crippen LogP contribution in [0.1, 0.15) is 31.0 Å². The van der Waals surface area contributed by atoms with E-state index in [0.29, 0.717) is 6.54 Å². The van der Waals surface area contributed by atoms with E-state index in [4.69, 9.17) is 0 Å². The van der Waals surface area contributed by atoms with Crippen LogP contribution >= 0.6 is 11.3 Å². The molecule has 4 heteroatoms. The topological polar surface area (TPSA) is 42.0 Å². The maximum absolute atomic E-state index is 11.5. The Morgan fingerprint density at radius 3 is 2.93 bits per heavy atom. The number of rotatable bonds is 4. The lowest BCUT2D eigenvalue weighted by molar-refractivity contribution is -0.117. The van der Waals surface area contributed by atoms with Gasteiger partial charge in [0.25, 0.3) is 0 Å². The molecule has 0 fully saturated rings. The first-order chi connectivity index (χ1) is 7.13. The smallest absolute Gasteiger partial charge is 0.246 e. The Hall–Kier alpha value is -1.16. The molecule has 0 saturated carbocycles. The Morgan fingerprint density at radius 2 is 2.40 bits per heavy atom. The molecule has 1 aromatic heterocycles. The van der Waals surface area contributed by atoms with Gasteiger partial charge in [-0.2, -0.15) is 0 Å². The molecule has 0 aliphatic heterocycles. The van der Waals surface area contributed by atoms with Crippen molar-refractivity contribution in [2.75, 3.05) is 0 Å². The minimum absolute atomic E-state index is 0.00953. The van der Waals surface area contributed by atoms with Crippen molar-refractivity contribution >= 4 is 17.2 Å². The maximum atomic E-state index is 11.5. The van der Waals surface area contributed by atoms with Crippen molar-refractivity contribution < 1.29 is 4.79 Å². The lowest BCUT2D eigenvalue weighted by atomic mass is 10.2. The molecule has 0 saturated heterocycles. The lowest BCUT2D eigenvalue weighted by Crippen LogP contribution is -2.23. The molecule has 0 spiro atoms. The van der Waals surface area contributed by atoms with Gasteiger partial charge in [-0.3, -0.25) is 4.79 Å². The second-order valence-corrected chi connectivity index (χ2v) is 4.30. The van der Waals surface area contributed by atoms with Crippen LogP contribution in [0.4, 0.5) is 0 Å². The number of amides is 1. The molecule has 82 valence electrons. The molecule has 0 unspecified atom stereocenters. The van der Waals surface area contributed by atoms with Crippen molar-refractivity contribution in [1.82, 2.24) is 10.3 Å². The summed E-state index contributed by atoms with van der Waals surface area (Å²) in [6.45, 7) is 6.31. The molecule has 0 atom stereocenters. The molecule has 1 heterocycles. The van der Waals surface area contributed by atoms with Gasteiger partial charge in [-0.05, 0) is 20.3 Å². The Kier molecular flexibility index (Phi) is 4.49. The van der Waals surface area contributed by atoms with Crippen LogP contribution in [0.25, 0.3) is 0 Å². The number of hydrogen-bond acceptors (Lipinski definition) is 3. The number of carbonyl (C=O) groups excluding carboxylic acids is 1. The fraction of sp³-hybridized carbons (Fsp3) is 0.455. The van der Waals surface area contributed by atoms with E-state index in [1.807, 2.05) is 32.2 Å². The van der Waals surface area contributed by atoms with Gasteiger partial charge in [0.05, 0.1) is 6.54 Å². The number of nitrogens with one attached hydrogen (secondary N) is 1. The number of aromatic nitrogens is 1. The van der Waals surface area contributed by atoms with Gasteiger partial charge in [0.15, 0.2) is 0 Å². The predicted molar refractivity (Wildman–Crippen MR) is 62.7 cm³/mol. The van der Waals surface area contributed by atoms with Gasteiger partial charge < -0.3 is 5.32 Å². The number of carbonyl (C=O) groups is 1.